The second-order valence-corrected chi connectivity index (χ2v) is 5.45. The number of carboxylic acids is 1. The molecule has 0 spiro atoms. The number of benzene rings is 1. The van der Waals surface area contributed by atoms with Crippen LogP contribution < -0.4 is 0 Å². The molecule has 0 radical (unpaired) electrons. The van der Waals surface area contributed by atoms with Crippen LogP contribution in [0.1, 0.15) is 10.6 Å². The second-order valence-electron chi connectivity index (χ2n) is 5.45. The van der Waals surface area contributed by atoms with Crippen LogP contribution in [0.2, 0.25) is 0 Å². The Kier molecular flexibility index (Phi) is 3.54. The SMILES string of the molecule is O=C(O)[C@@H]1CN(C(=O)c2cc3ccccc3o2)C[C@H]1C(F)(F)F. The van der Waals surface area contributed by atoms with Crippen molar-refractivity contribution in [1.82, 2.24) is 4.90 Å². The molecule has 122 valence electrons. The van der Waals surface area contributed by atoms with Crippen molar-refractivity contribution in [3.63, 3.8) is 0 Å². The molecule has 1 fully saturated rings. The Bertz CT molecular complexity index is 734. The monoisotopic (exact) mass is 327 g/mol. The van der Waals surface area contributed by atoms with E-state index in [-0.39, 0.29) is 5.76 Å². The number of aliphatic carboxylic acids is 1. The maximum absolute atomic E-state index is 13.0. The molecule has 1 N–H and O–H groups in total. The predicted octanol–water partition coefficient (Wildman–Crippen LogP) is 2.77. The van der Waals surface area contributed by atoms with Gasteiger partial charge in [0.25, 0.3) is 5.91 Å². The summed E-state index contributed by atoms with van der Waals surface area (Å²) in [4.78, 5) is 24.3. The molecule has 5 nitrogen and oxygen atoms in total. The lowest BCUT2D eigenvalue weighted by Gasteiger charge is -2.17. The summed E-state index contributed by atoms with van der Waals surface area (Å²) in [6.07, 6.45) is -4.67. The van der Waals surface area contributed by atoms with E-state index in [9.17, 15) is 22.8 Å². The van der Waals surface area contributed by atoms with Gasteiger partial charge in [0, 0.05) is 18.5 Å². The van der Waals surface area contributed by atoms with E-state index in [0.29, 0.717) is 11.0 Å². The molecular weight excluding hydrogens is 315 g/mol. The molecule has 2 atom stereocenters. The third-order valence-electron chi connectivity index (χ3n) is 3.98. The lowest BCUT2D eigenvalue weighted by atomic mass is 9.96. The lowest BCUT2D eigenvalue weighted by molar-refractivity contribution is -0.187. The number of halogens is 3. The van der Waals surface area contributed by atoms with Gasteiger partial charge in [-0.3, -0.25) is 9.59 Å². The van der Waals surface area contributed by atoms with E-state index >= 15 is 0 Å². The Morgan fingerprint density at radius 1 is 1.22 bits per heavy atom. The summed E-state index contributed by atoms with van der Waals surface area (Å²) in [7, 11) is 0. The zero-order valence-corrected chi connectivity index (χ0v) is 11.7. The topological polar surface area (TPSA) is 70.8 Å². The average Bonchev–Trinajstić information content (AvgIpc) is 3.10. The quantitative estimate of drug-likeness (QED) is 0.921. The van der Waals surface area contributed by atoms with Gasteiger partial charge in [0.05, 0.1) is 11.8 Å². The summed E-state index contributed by atoms with van der Waals surface area (Å²) in [5, 5.41) is 9.62. The minimum Gasteiger partial charge on any atom is -0.481 e. The number of alkyl halides is 3. The standard InChI is InChI=1S/C15H12F3NO4/c16-15(17,18)10-7-19(6-9(10)14(21)22)13(20)12-5-8-3-1-2-4-11(8)23-12/h1-5,9-10H,6-7H2,(H,21,22)/t9-,10-/m1/s1. The number of nitrogens with zero attached hydrogens (tertiary/aromatic N) is 1. The number of hydrogen-bond donors (Lipinski definition) is 1. The van der Waals surface area contributed by atoms with Crippen molar-refractivity contribution in [2.75, 3.05) is 13.1 Å². The molecule has 0 bridgehead atoms. The molecule has 1 aliphatic heterocycles. The van der Waals surface area contributed by atoms with Gasteiger partial charge < -0.3 is 14.4 Å². The summed E-state index contributed by atoms with van der Waals surface area (Å²) >= 11 is 0. The number of amides is 1. The number of furan rings is 1. The van der Waals surface area contributed by atoms with E-state index in [1.54, 1.807) is 24.3 Å². The van der Waals surface area contributed by atoms with Crippen molar-refractivity contribution in [3.05, 3.63) is 36.1 Å². The molecule has 1 aromatic carbocycles. The van der Waals surface area contributed by atoms with Crippen LogP contribution in [0.4, 0.5) is 13.2 Å². The van der Waals surface area contributed by atoms with E-state index in [1.165, 1.54) is 6.07 Å². The molecule has 0 aliphatic carbocycles. The molecule has 1 aliphatic rings. The minimum atomic E-state index is -4.67. The fourth-order valence-corrected chi connectivity index (χ4v) is 2.79. The molecule has 1 aromatic heterocycles. The van der Waals surface area contributed by atoms with E-state index in [1.807, 2.05) is 0 Å². The number of likely N-dealkylation sites (tertiary alicyclic amines) is 1. The van der Waals surface area contributed by atoms with Gasteiger partial charge >= 0.3 is 12.1 Å². The first-order valence-corrected chi connectivity index (χ1v) is 6.84. The van der Waals surface area contributed by atoms with Crippen molar-refractivity contribution in [2.45, 2.75) is 6.18 Å². The number of hydrogen-bond acceptors (Lipinski definition) is 3. The summed E-state index contributed by atoms with van der Waals surface area (Å²) in [6, 6.07) is 8.22. The van der Waals surface area contributed by atoms with E-state index in [4.69, 9.17) is 9.52 Å². The molecule has 0 saturated carbocycles. The predicted molar refractivity (Wildman–Crippen MR) is 72.8 cm³/mol. The van der Waals surface area contributed by atoms with Crippen LogP contribution in [-0.4, -0.2) is 41.1 Å². The van der Waals surface area contributed by atoms with Gasteiger partial charge in [0.1, 0.15) is 5.58 Å². The average molecular weight is 327 g/mol. The zero-order valence-electron chi connectivity index (χ0n) is 11.7. The van der Waals surface area contributed by atoms with Crippen LogP contribution in [0.15, 0.2) is 34.7 Å². The van der Waals surface area contributed by atoms with Crippen LogP contribution in [-0.2, 0) is 4.79 Å². The molecule has 0 unspecified atom stereocenters. The maximum Gasteiger partial charge on any atom is 0.394 e. The number of para-hydroxylation sites is 1. The molecule has 2 heterocycles. The van der Waals surface area contributed by atoms with Crippen molar-refractivity contribution in [3.8, 4) is 0 Å². The highest BCUT2D eigenvalue weighted by Gasteiger charge is 2.53. The van der Waals surface area contributed by atoms with Crippen molar-refractivity contribution >= 4 is 22.8 Å². The number of rotatable bonds is 2. The number of carbonyl (C=O) groups is 2. The first kappa shape index (κ1) is 15.4. The van der Waals surface area contributed by atoms with Crippen LogP contribution in [0.25, 0.3) is 11.0 Å². The number of carboxylic acid groups (broad SMARTS) is 1. The fraction of sp³-hybridized carbons (Fsp3) is 0.333. The van der Waals surface area contributed by atoms with Gasteiger partial charge in [-0.05, 0) is 12.1 Å². The highest BCUT2D eigenvalue weighted by atomic mass is 19.4. The number of carbonyl (C=O) groups excluding carboxylic acids is 1. The third-order valence-corrected chi connectivity index (χ3v) is 3.98. The van der Waals surface area contributed by atoms with Gasteiger partial charge in [0.2, 0.25) is 0 Å². The normalized spacial score (nSPS) is 21.8. The molecule has 8 heteroatoms. The van der Waals surface area contributed by atoms with Crippen molar-refractivity contribution in [1.29, 1.82) is 0 Å². The summed E-state index contributed by atoms with van der Waals surface area (Å²) in [5.74, 6) is -6.14. The first-order valence-electron chi connectivity index (χ1n) is 6.84. The first-order chi connectivity index (χ1) is 10.8. The van der Waals surface area contributed by atoms with Gasteiger partial charge in [0.15, 0.2) is 5.76 Å². The molecule has 3 rings (SSSR count). The van der Waals surface area contributed by atoms with E-state index in [2.05, 4.69) is 0 Å². The highest BCUT2D eigenvalue weighted by molar-refractivity contribution is 5.96. The van der Waals surface area contributed by atoms with E-state index < -0.39 is 43.0 Å². The molecule has 2 aromatic rings. The van der Waals surface area contributed by atoms with Crippen molar-refractivity contribution in [2.24, 2.45) is 11.8 Å². The summed E-state index contributed by atoms with van der Waals surface area (Å²) < 4.78 is 44.2. The Morgan fingerprint density at radius 3 is 2.48 bits per heavy atom. The lowest BCUT2D eigenvalue weighted by Crippen LogP contribution is -2.34. The van der Waals surface area contributed by atoms with Crippen LogP contribution >= 0.6 is 0 Å². The number of fused-ring (bicyclic) bond motifs is 1. The van der Waals surface area contributed by atoms with Gasteiger partial charge in [-0.2, -0.15) is 13.2 Å². The largest absolute Gasteiger partial charge is 0.481 e. The Labute approximate surface area is 128 Å². The Morgan fingerprint density at radius 2 is 1.91 bits per heavy atom. The molecular formula is C15H12F3NO4. The van der Waals surface area contributed by atoms with E-state index in [0.717, 1.165) is 4.90 Å². The fourth-order valence-electron chi connectivity index (χ4n) is 2.79. The molecule has 1 amide bonds. The smallest absolute Gasteiger partial charge is 0.394 e. The summed E-state index contributed by atoms with van der Waals surface area (Å²) in [5.41, 5.74) is 0.442. The zero-order chi connectivity index (χ0) is 16.8. The molecule has 23 heavy (non-hydrogen) atoms. The Hall–Kier alpha value is -2.51. The van der Waals surface area contributed by atoms with Gasteiger partial charge in [-0.25, -0.2) is 0 Å². The Balaban J connectivity index is 1.86. The third kappa shape index (κ3) is 2.76. The minimum absolute atomic E-state index is 0.0989. The molecule has 1 saturated heterocycles. The van der Waals surface area contributed by atoms with Crippen LogP contribution in [0.3, 0.4) is 0 Å². The summed E-state index contributed by atoms with van der Waals surface area (Å²) in [6.45, 7) is -1.17. The highest BCUT2D eigenvalue weighted by Crippen LogP contribution is 2.38. The van der Waals surface area contributed by atoms with Gasteiger partial charge in [-0.15, -0.1) is 0 Å². The maximum atomic E-state index is 13.0. The van der Waals surface area contributed by atoms with Crippen molar-refractivity contribution < 1.29 is 32.3 Å². The second kappa shape index (κ2) is 5.29. The van der Waals surface area contributed by atoms with Crippen LogP contribution in [0, 0.1) is 11.8 Å². The van der Waals surface area contributed by atoms with Gasteiger partial charge in [-0.1, -0.05) is 18.2 Å². The van der Waals surface area contributed by atoms with Crippen LogP contribution in [0.5, 0.6) is 0 Å².